The summed E-state index contributed by atoms with van der Waals surface area (Å²) < 4.78 is 4.69. The lowest BCUT2D eigenvalue weighted by atomic mass is 10.2. The highest BCUT2D eigenvalue weighted by Gasteiger charge is 2.02. The van der Waals surface area contributed by atoms with E-state index in [2.05, 4.69) is 12.3 Å². The first kappa shape index (κ1) is 16.1. The van der Waals surface area contributed by atoms with E-state index in [1.807, 2.05) is 0 Å². The number of hydrogen-bond acceptors (Lipinski definition) is 4. The van der Waals surface area contributed by atoms with E-state index >= 15 is 0 Å². The molecule has 0 aromatic rings. The Morgan fingerprint density at radius 3 is 2.33 bits per heavy atom. The number of aliphatic carboxylic acids is 1. The Bertz CT molecular complexity index is 192. The molecule has 5 heteroatoms. The molecule has 0 bridgehead atoms. The van der Waals surface area contributed by atoms with E-state index in [4.69, 9.17) is 9.84 Å². The molecule has 0 saturated carbocycles. The Hall–Kier alpha value is -1.36. The number of carbonyl (C=O) groups excluding carboxylic acids is 1. The summed E-state index contributed by atoms with van der Waals surface area (Å²) in [6.07, 6.45) is 2.95. The Morgan fingerprint density at radius 1 is 1.33 bits per heavy atom. The third-order valence-electron chi connectivity index (χ3n) is 1.38. The summed E-state index contributed by atoms with van der Waals surface area (Å²) in [4.78, 5) is 20.9. The number of rotatable bonds is 7. The first-order valence-corrected chi connectivity index (χ1v) is 4.73. The van der Waals surface area contributed by atoms with Gasteiger partial charge >= 0.3 is 11.9 Å². The van der Waals surface area contributed by atoms with Gasteiger partial charge < -0.3 is 15.6 Å². The van der Waals surface area contributed by atoms with Crippen molar-refractivity contribution in [1.29, 1.82) is 0 Å². The van der Waals surface area contributed by atoms with E-state index in [1.165, 1.54) is 13.1 Å². The van der Waals surface area contributed by atoms with Gasteiger partial charge in [0.2, 0.25) is 0 Å². The van der Waals surface area contributed by atoms with Gasteiger partial charge in [0.05, 0.1) is 0 Å². The fourth-order valence-corrected chi connectivity index (χ4v) is 0.770. The van der Waals surface area contributed by atoms with Crippen molar-refractivity contribution in [2.24, 2.45) is 5.73 Å². The van der Waals surface area contributed by atoms with Crippen LogP contribution in [0.3, 0.4) is 0 Å². The molecule has 0 aliphatic heterocycles. The summed E-state index contributed by atoms with van der Waals surface area (Å²) in [5, 5.41) is 8.29. The van der Waals surface area contributed by atoms with Crippen molar-refractivity contribution >= 4 is 11.9 Å². The minimum atomic E-state index is -0.834. The number of esters is 1. The van der Waals surface area contributed by atoms with Crippen LogP contribution in [0.2, 0.25) is 0 Å². The lowest BCUT2D eigenvalue weighted by Crippen LogP contribution is -2.04. The van der Waals surface area contributed by atoms with E-state index in [1.54, 1.807) is 0 Å². The molecule has 0 aliphatic rings. The number of carbonyl (C=O) groups is 2. The fraction of sp³-hybridized carbons (Fsp3) is 0.600. The number of nitrogens with two attached hydrogens (primary N) is 1. The average Bonchev–Trinajstić information content (AvgIpc) is 2.24. The quantitative estimate of drug-likeness (QED) is 0.376. The number of ether oxygens (including phenoxy) is 1. The van der Waals surface area contributed by atoms with Crippen molar-refractivity contribution in [2.45, 2.75) is 25.7 Å². The zero-order valence-electron chi connectivity index (χ0n) is 9.07. The molecular weight excluding hydrogens is 198 g/mol. The Kier molecular flexibility index (Phi) is 13.6. The van der Waals surface area contributed by atoms with Crippen LogP contribution in [0, 0.1) is 0 Å². The number of unbranched alkanes of at least 4 members (excludes halogenated alkanes) is 1. The van der Waals surface area contributed by atoms with Crippen molar-refractivity contribution in [3.8, 4) is 0 Å². The largest absolute Gasteiger partial charge is 0.481 e. The molecule has 0 heterocycles. The van der Waals surface area contributed by atoms with Crippen LogP contribution in [0.15, 0.2) is 12.7 Å². The van der Waals surface area contributed by atoms with Gasteiger partial charge in [-0.15, -0.1) is 0 Å². The molecule has 0 unspecified atom stereocenters. The summed E-state index contributed by atoms with van der Waals surface area (Å²) in [5.41, 5.74) is 4.50. The number of carboxylic acids is 1. The lowest BCUT2D eigenvalue weighted by Gasteiger charge is -2.00. The van der Waals surface area contributed by atoms with Crippen LogP contribution in [0.4, 0.5) is 0 Å². The maximum absolute atomic E-state index is 10.8. The minimum Gasteiger partial charge on any atom is -0.481 e. The number of hydrogen-bond donors (Lipinski definition) is 2. The third kappa shape index (κ3) is 15.4. The maximum atomic E-state index is 10.8. The van der Waals surface area contributed by atoms with Crippen molar-refractivity contribution in [1.82, 2.24) is 0 Å². The van der Waals surface area contributed by atoms with Crippen LogP contribution in [-0.2, 0) is 14.3 Å². The van der Waals surface area contributed by atoms with Gasteiger partial charge in [-0.1, -0.05) is 12.7 Å². The van der Waals surface area contributed by atoms with Gasteiger partial charge in [0, 0.05) is 12.8 Å². The molecule has 0 fully saturated rings. The van der Waals surface area contributed by atoms with Crippen molar-refractivity contribution in [3.05, 3.63) is 12.7 Å². The van der Waals surface area contributed by atoms with E-state index < -0.39 is 5.97 Å². The molecule has 88 valence electrons. The highest BCUT2D eigenvalue weighted by Crippen LogP contribution is 2.01. The summed E-state index contributed by atoms with van der Waals surface area (Å²) in [6.45, 7) is 3.62. The van der Waals surface area contributed by atoms with Gasteiger partial charge in [0.25, 0.3) is 0 Å². The standard InChI is InChI=1S/C9H14O4.CH5N/c1-2-7-13-9(12)6-4-3-5-8(10)11;1-2/h2H,1,3-7H2,(H,10,11);2H2,1H3. The average molecular weight is 217 g/mol. The molecule has 0 atom stereocenters. The van der Waals surface area contributed by atoms with Gasteiger partial charge in [-0.2, -0.15) is 0 Å². The normalized spacial score (nSPS) is 8.40. The molecule has 5 nitrogen and oxygen atoms in total. The lowest BCUT2D eigenvalue weighted by molar-refractivity contribution is -0.143. The Labute approximate surface area is 89.9 Å². The Morgan fingerprint density at radius 2 is 1.87 bits per heavy atom. The summed E-state index contributed by atoms with van der Waals surface area (Å²) >= 11 is 0. The second-order valence-electron chi connectivity index (χ2n) is 2.57. The molecule has 0 saturated heterocycles. The zero-order valence-corrected chi connectivity index (χ0v) is 9.07. The monoisotopic (exact) mass is 217 g/mol. The first-order chi connectivity index (χ1) is 7.16. The molecule has 0 amide bonds. The molecule has 0 rings (SSSR count). The molecule has 0 aromatic carbocycles. The van der Waals surface area contributed by atoms with Crippen LogP contribution < -0.4 is 5.73 Å². The summed E-state index contributed by atoms with van der Waals surface area (Å²) in [5.74, 6) is -1.13. The smallest absolute Gasteiger partial charge is 0.306 e. The summed E-state index contributed by atoms with van der Waals surface area (Å²) in [7, 11) is 1.50. The molecule has 0 spiro atoms. The third-order valence-corrected chi connectivity index (χ3v) is 1.38. The van der Waals surface area contributed by atoms with Crippen LogP contribution in [0.25, 0.3) is 0 Å². The van der Waals surface area contributed by atoms with Crippen molar-refractivity contribution in [3.63, 3.8) is 0 Å². The van der Waals surface area contributed by atoms with Crippen LogP contribution in [0.1, 0.15) is 25.7 Å². The van der Waals surface area contributed by atoms with Crippen LogP contribution >= 0.6 is 0 Å². The van der Waals surface area contributed by atoms with Crippen LogP contribution in [-0.4, -0.2) is 30.7 Å². The SMILES string of the molecule is C=CCOC(=O)CCCCC(=O)O.CN. The molecule has 0 radical (unpaired) electrons. The van der Waals surface area contributed by atoms with Gasteiger partial charge in [-0.05, 0) is 19.9 Å². The van der Waals surface area contributed by atoms with Gasteiger partial charge in [0.1, 0.15) is 6.61 Å². The van der Waals surface area contributed by atoms with Gasteiger partial charge in [0.15, 0.2) is 0 Å². The molecule has 15 heavy (non-hydrogen) atoms. The van der Waals surface area contributed by atoms with E-state index in [-0.39, 0.29) is 25.4 Å². The molecule has 0 aromatic heterocycles. The fourth-order valence-electron chi connectivity index (χ4n) is 0.770. The molecular formula is C10H19NO4. The predicted octanol–water partition coefficient (Wildman–Crippen LogP) is 0.935. The van der Waals surface area contributed by atoms with Crippen molar-refractivity contribution < 1.29 is 19.4 Å². The van der Waals surface area contributed by atoms with Crippen LogP contribution in [0.5, 0.6) is 0 Å². The maximum Gasteiger partial charge on any atom is 0.306 e. The molecule has 3 N–H and O–H groups in total. The zero-order chi connectivity index (χ0) is 12.1. The van der Waals surface area contributed by atoms with Gasteiger partial charge in [-0.25, -0.2) is 0 Å². The van der Waals surface area contributed by atoms with E-state index in [0.717, 1.165) is 0 Å². The summed E-state index contributed by atoms with van der Waals surface area (Å²) in [6, 6.07) is 0. The second-order valence-corrected chi connectivity index (χ2v) is 2.57. The predicted molar refractivity (Wildman–Crippen MR) is 57.4 cm³/mol. The van der Waals surface area contributed by atoms with E-state index in [9.17, 15) is 9.59 Å². The highest BCUT2D eigenvalue weighted by atomic mass is 16.5. The Balaban J connectivity index is 0. The molecule has 0 aliphatic carbocycles. The van der Waals surface area contributed by atoms with Gasteiger partial charge in [-0.3, -0.25) is 9.59 Å². The number of carboxylic acid groups (broad SMARTS) is 1. The second kappa shape index (κ2) is 12.6. The topological polar surface area (TPSA) is 89.6 Å². The van der Waals surface area contributed by atoms with E-state index in [0.29, 0.717) is 12.8 Å². The minimum absolute atomic E-state index is 0.106. The first-order valence-electron chi connectivity index (χ1n) is 4.73. The van der Waals surface area contributed by atoms with Crippen molar-refractivity contribution in [2.75, 3.05) is 13.7 Å². The highest BCUT2D eigenvalue weighted by molar-refractivity contribution is 5.69.